The molecular weight excluding hydrogens is 357 g/mol. The highest BCUT2D eigenvalue weighted by Crippen LogP contribution is 2.30. The second kappa shape index (κ2) is 5.32. The fraction of sp³-hybridized carbons (Fsp3) is 0.286. The summed E-state index contributed by atoms with van der Waals surface area (Å²) < 4.78 is 6.47. The van der Waals surface area contributed by atoms with Crippen LogP contribution in [0.5, 0.6) is 0 Å². The average Bonchev–Trinajstić information content (AvgIpc) is 2.77. The maximum atomic E-state index is 11.2. The van der Waals surface area contributed by atoms with Crippen LogP contribution in [0.4, 0.5) is 0 Å². The molecule has 5 heteroatoms. The molecule has 1 aromatic heterocycles. The summed E-state index contributed by atoms with van der Waals surface area (Å²) in [5.74, 6) is -0.771. The van der Waals surface area contributed by atoms with E-state index in [-0.39, 0.29) is 11.7 Å². The quantitative estimate of drug-likeness (QED) is 0.826. The smallest absolute Gasteiger partial charge is 0.373 e. The molecule has 19 heavy (non-hydrogen) atoms. The van der Waals surface area contributed by atoms with E-state index in [2.05, 4.69) is 27.6 Å². The van der Waals surface area contributed by atoms with Gasteiger partial charge >= 0.3 is 5.97 Å². The van der Waals surface area contributed by atoms with Gasteiger partial charge in [0.15, 0.2) is 0 Å². The molecule has 2 rings (SSSR count). The minimum absolute atomic E-state index is 0.00562. The summed E-state index contributed by atoms with van der Waals surface area (Å²) in [7, 11) is 0. The first-order valence-electron chi connectivity index (χ1n) is 5.91. The van der Waals surface area contributed by atoms with Gasteiger partial charge in [0.1, 0.15) is 0 Å². The van der Waals surface area contributed by atoms with Gasteiger partial charge in [-0.05, 0) is 47.1 Å². The van der Waals surface area contributed by atoms with Gasteiger partial charge < -0.3 is 9.52 Å². The molecule has 1 aromatic carbocycles. The van der Waals surface area contributed by atoms with E-state index in [1.807, 2.05) is 39.0 Å². The number of carboxylic acids is 1. The van der Waals surface area contributed by atoms with E-state index in [4.69, 9.17) is 9.52 Å². The van der Waals surface area contributed by atoms with Gasteiger partial charge in [-0.3, -0.25) is 0 Å². The lowest BCUT2D eigenvalue weighted by Gasteiger charge is -2.02. The van der Waals surface area contributed by atoms with Crippen molar-refractivity contribution in [3.63, 3.8) is 0 Å². The third kappa shape index (κ3) is 2.65. The molecule has 0 saturated carbocycles. The number of hydrogen-bond donors (Lipinski definition) is 1. The van der Waals surface area contributed by atoms with Crippen LogP contribution in [-0.2, 0) is 0 Å². The first kappa shape index (κ1) is 14.0. The van der Waals surface area contributed by atoms with Crippen molar-refractivity contribution in [2.45, 2.75) is 26.7 Å². The predicted octanol–water partition coefficient (Wildman–Crippen LogP) is 4.08. The molecule has 0 aliphatic heterocycles. The number of halogens is 1. The van der Waals surface area contributed by atoms with Gasteiger partial charge in [0.2, 0.25) is 11.7 Å². The lowest BCUT2D eigenvalue weighted by molar-refractivity contribution is 0.0661. The van der Waals surface area contributed by atoms with Gasteiger partial charge in [0.25, 0.3) is 0 Å². The SMILES string of the molecule is Cc1cccc(-c2nc(C(C)C)c(C(=O)O)o2)c1I. The lowest BCUT2D eigenvalue weighted by atomic mass is 10.1. The molecule has 1 N–H and O–H groups in total. The van der Waals surface area contributed by atoms with Crippen molar-refractivity contribution in [3.8, 4) is 11.5 Å². The van der Waals surface area contributed by atoms with Crippen LogP contribution < -0.4 is 0 Å². The van der Waals surface area contributed by atoms with E-state index in [0.717, 1.165) is 14.7 Å². The average molecular weight is 371 g/mol. The molecule has 100 valence electrons. The molecular formula is C14H14INO3. The molecule has 0 bridgehead atoms. The van der Waals surface area contributed by atoms with E-state index in [9.17, 15) is 4.79 Å². The Hall–Kier alpha value is -1.37. The summed E-state index contributed by atoms with van der Waals surface area (Å²) in [6, 6.07) is 5.79. The first-order chi connectivity index (χ1) is 8.91. The van der Waals surface area contributed by atoms with Crippen molar-refractivity contribution in [1.29, 1.82) is 0 Å². The highest BCUT2D eigenvalue weighted by molar-refractivity contribution is 14.1. The number of oxazole rings is 1. The summed E-state index contributed by atoms with van der Waals surface area (Å²) in [5.41, 5.74) is 2.43. The molecule has 0 radical (unpaired) electrons. The molecule has 0 aliphatic carbocycles. The normalized spacial score (nSPS) is 11.0. The molecule has 0 fully saturated rings. The minimum Gasteiger partial charge on any atom is -0.475 e. The maximum absolute atomic E-state index is 11.2. The van der Waals surface area contributed by atoms with Crippen molar-refractivity contribution in [2.24, 2.45) is 0 Å². The van der Waals surface area contributed by atoms with Gasteiger partial charge in [0, 0.05) is 3.57 Å². The van der Waals surface area contributed by atoms with E-state index >= 15 is 0 Å². The summed E-state index contributed by atoms with van der Waals surface area (Å²) in [6.07, 6.45) is 0. The van der Waals surface area contributed by atoms with E-state index in [1.165, 1.54) is 0 Å². The molecule has 1 heterocycles. The topological polar surface area (TPSA) is 63.3 Å². The Bertz CT molecular complexity index is 632. The predicted molar refractivity (Wildman–Crippen MR) is 80.4 cm³/mol. The van der Waals surface area contributed by atoms with Crippen LogP contribution in [0.15, 0.2) is 22.6 Å². The molecule has 2 aromatic rings. The monoisotopic (exact) mass is 371 g/mol. The summed E-state index contributed by atoms with van der Waals surface area (Å²) in [5, 5.41) is 9.16. The van der Waals surface area contributed by atoms with Crippen LogP contribution in [0.3, 0.4) is 0 Å². The molecule has 0 aliphatic rings. The largest absolute Gasteiger partial charge is 0.475 e. The molecule has 0 spiro atoms. The lowest BCUT2D eigenvalue weighted by Crippen LogP contribution is -2.01. The number of benzene rings is 1. The second-order valence-electron chi connectivity index (χ2n) is 4.63. The van der Waals surface area contributed by atoms with E-state index in [1.54, 1.807) is 0 Å². The number of rotatable bonds is 3. The summed E-state index contributed by atoms with van der Waals surface area (Å²) >= 11 is 2.22. The molecule has 0 atom stereocenters. The molecule has 4 nitrogen and oxygen atoms in total. The Morgan fingerprint density at radius 2 is 2.11 bits per heavy atom. The van der Waals surface area contributed by atoms with Crippen molar-refractivity contribution in [3.05, 3.63) is 38.8 Å². The van der Waals surface area contributed by atoms with Gasteiger partial charge in [0.05, 0.1) is 11.3 Å². The number of hydrogen-bond acceptors (Lipinski definition) is 3. The number of aromatic nitrogens is 1. The van der Waals surface area contributed by atoms with E-state index in [0.29, 0.717) is 11.6 Å². The number of aryl methyl sites for hydroxylation is 1. The minimum atomic E-state index is -1.08. The zero-order valence-corrected chi connectivity index (χ0v) is 13.1. The van der Waals surface area contributed by atoms with Crippen molar-refractivity contribution in [1.82, 2.24) is 4.98 Å². The molecule has 0 amide bonds. The Morgan fingerprint density at radius 3 is 2.63 bits per heavy atom. The van der Waals surface area contributed by atoms with Gasteiger partial charge in [-0.2, -0.15) is 0 Å². The maximum Gasteiger partial charge on any atom is 0.373 e. The second-order valence-corrected chi connectivity index (χ2v) is 5.71. The van der Waals surface area contributed by atoms with Gasteiger partial charge in [-0.1, -0.05) is 26.0 Å². The number of carbonyl (C=O) groups is 1. The zero-order chi connectivity index (χ0) is 14.2. The Labute approximate surface area is 125 Å². The highest BCUT2D eigenvalue weighted by atomic mass is 127. The Balaban J connectivity index is 2.61. The van der Waals surface area contributed by atoms with Crippen LogP contribution >= 0.6 is 22.6 Å². The van der Waals surface area contributed by atoms with E-state index < -0.39 is 5.97 Å². The van der Waals surface area contributed by atoms with Crippen molar-refractivity contribution in [2.75, 3.05) is 0 Å². The number of carboxylic acid groups (broad SMARTS) is 1. The van der Waals surface area contributed by atoms with Crippen LogP contribution in [0, 0.1) is 10.5 Å². The summed E-state index contributed by atoms with van der Waals surface area (Å²) in [4.78, 5) is 15.5. The van der Waals surface area contributed by atoms with Crippen LogP contribution in [0.2, 0.25) is 0 Å². The van der Waals surface area contributed by atoms with Crippen molar-refractivity contribution >= 4 is 28.6 Å². The van der Waals surface area contributed by atoms with Crippen molar-refractivity contribution < 1.29 is 14.3 Å². The number of nitrogens with zero attached hydrogens (tertiary/aromatic N) is 1. The highest BCUT2D eigenvalue weighted by Gasteiger charge is 2.23. The standard InChI is InChI=1S/C14H14INO3/c1-7(2)11-12(14(17)18)19-13(16-11)9-6-4-5-8(3)10(9)15/h4-7H,1-3H3,(H,17,18). The first-order valence-corrected chi connectivity index (χ1v) is 6.99. The van der Waals surface area contributed by atoms with Crippen LogP contribution in [0.1, 0.15) is 41.6 Å². The van der Waals surface area contributed by atoms with Gasteiger partial charge in [-0.15, -0.1) is 0 Å². The molecule has 0 saturated heterocycles. The number of aromatic carboxylic acids is 1. The van der Waals surface area contributed by atoms with Crippen LogP contribution in [0.25, 0.3) is 11.5 Å². The van der Waals surface area contributed by atoms with Gasteiger partial charge in [-0.25, -0.2) is 9.78 Å². The fourth-order valence-electron chi connectivity index (χ4n) is 1.80. The third-order valence-corrected chi connectivity index (χ3v) is 4.25. The zero-order valence-electron chi connectivity index (χ0n) is 10.9. The summed E-state index contributed by atoms with van der Waals surface area (Å²) in [6.45, 7) is 5.79. The van der Waals surface area contributed by atoms with Crippen LogP contribution in [-0.4, -0.2) is 16.1 Å². The fourth-order valence-corrected chi connectivity index (χ4v) is 2.39. The Kier molecular flexibility index (Phi) is 3.93. The molecule has 0 unspecified atom stereocenters. The third-order valence-electron chi connectivity index (χ3n) is 2.82. The Morgan fingerprint density at radius 1 is 1.42 bits per heavy atom.